The molecule has 5 nitrogen and oxygen atoms in total. The second-order valence-electron chi connectivity index (χ2n) is 6.49. The van der Waals surface area contributed by atoms with E-state index in [0.29, 0.717) is 18.1 Å². The molecule has 0 fully saturated rings. The highest BCUT2D eigenvalue weighted by molar-refractivity contribution is 6.30. The summed E-state index contributed by atoms with van der Waals surface area (Å²) in [5.74, 6) is 1.38. The zero-order valence-corrected chi connectivity index (χ0v) is 15.4. The molecule has 6 heteroatoms. The SMILES string of the molecule is N[C@@H](CNc1cc(-c2ccc3cnccc3c2)on1)Cc1ccc(Cl)cc1. The summed E-state index contributed by atoms with van der Waals surface area (Å²) in [4.78, 5) is 4.13. The van der Waals surface area contributed by atoms with E-state index >= 15 is 0 Å². The number of aromatic nitrogens is 2. The van der Waals surface area contributed by atoms with Gasteiger partial charge in [-0.1, -0.05) is 41.0 Å². The summed E-state index contributed by atoms with van der Waals surface area (Å²) in [5, 5.41) is 10.3. The Kier molecular flexibility index (Phi) is 5.05. The number of anilines is 1. The van der Waals surface area contributed by atoms with Gasteiger partial charge in [0.1, 0.15) is 0 Å². The van der Waals surface area contributed by atoms with E-state index in [0.717, 1.165) is 33.3 Å². The van der Waals surface area contributed by atoms with Gasteiger partial charge < -0.3 is 15.6 Å². The quantitative estimate of drug-likeness (QED) is 0.515. The molecule has 4 aromatic rings. The average molecular weight is 379 g/mol. The maximum absolute atomic E-state index is 6.21. The smallest absolute Gasteiger partial charge is 0.170 e. The van der Waals surface area contributed by atoms with Gasteiger partial charge in [0.2, 0.25) is 0 Å². The largest absolute Gasteiger partial charge is 0.366 e. The van der Waals surface area contributed by atoms with E-state index in [9.17, 15) is 0 Å². The highest BCUT2D eigenvalue weighted by atomic mass is 35.5. The first-order valence-corrected chi connectivity index (χ1v) is 9.10. The molecule has 0 aliphatic heterocycles. The second kappa shape index (κ2) is 7.78. The van der Waals surface area contributed by atoms with Gasteiger partial charge in [0.05, 0.1) is 0 Å². The lowest BCUT2D eigenvalue weighted by Crippen LogP contribution is -2.31. The molecule has 27 heavy (non-hydrogen) atoms. The van der Waals surface area contributed by atoms with Crippen molar-refractivity contribution in [3.05, 3.63) is 77.6 Å². The number of fused-ring (bicyclic) bond motifs is 1. The fourth-order valence-corrected chi connectivity index (χ4v) is 3.09. The zero-order valence-electron chi connectivity index (χ0n) is 14.6. The van der Waals surface area contributed by atoms with Crippen LogP contribution in [0, 0.1) is 0 Å². The number of nitrogens with two attached hydrogens (primary N) is 1. The number of hydrogen-bond acceptors (Lipinski definition) is 5. The molecule has 3 N–H and O–H groups in total. The molecule has 0 saturated carbocycles. The Bertz CT molecular complexity index is 1050. The van der Waals surface area contributed by atoms with E-state index in [1.165, 1.54) is 0 Å². The lowest BCUT2D eigenvalue weighted by atomic mass is 10.1. The minimum Gasteiger partial charge on any atom is -0.366 e. The maximum Gasteiger partial charge on any atom is 0.170 e. The number of nitrogens with zero attached hydrogens (tertiary/aromatic N) is 2. The summed E-state index contributed by atoms with van der Waals surface area (Å²) in [6, 6.07) is 17.6. The van der Waals surface area contributed by atoms with Gasteiger partial charge in [-0.25, -0.2) is 0 Å². The van der Waals surface area contributed by atoms with Crippen LogP contribution in [0.1, 0.15) is 5.56 Å². The van der Waals surface area contributed by atoms with Crippen molar-refractivity contribution in [2.24, 2.45) is 5.73 Å². The van der Waals surface area contributed by atoms with Gasteiger partial charge in [-0.15, -0.1) is 0 Å². The molecular weight excluding hydrogens is 360 g/mol. The Balaban J connectivity index is 1.39. The van der Waals surface area contributed by atoms with Crippen molar-refractivity contribution in [2.45, 2.75) is 12.5 Å². The van der Waals surface area contributed by atoms with Gasteiger partial charge in [0.15, 0.2) is 11.6 Å². The number of hydrogen-bond donors (Lipinski definition) is 2. The highest BCUT2D eigenvalue weighted by Crippen LogP contribution is 2.26. The molecule has 0 saturated heterocycles. The molecule has 0 amide bonds. The van der Waals surface area contributed by atoms with Crippen LogP contribution in [0.2, 0.25) is 5.02 Å². The number of benzene rings is 2. The molecule has 0 aliphatic carbocycles. The van der Waals surface area contributed by atoms with Crippen LogP contribution in [0.15, 0.2) is 71.5 Å². The number of pyridine rings is 1. The Morgan fingerprint density at radius 2 is 1.89 bits per heavy atom. The summed E-state index contributed by atoms with van der Waals surface area (Å²) in [7, 11) is 0. The summed E-state index contributed by atoms with van der Waals surface area (Å²) >= 11 is 5.91. The molecular formula is C21H19ClN4O. The van der Waals surface area contributed by atoms with Crippen molar-refractivity contribution in [3.63, 3.8) is 0 Å². The van der Waals surface area contributed by atoms with Crippen LogP contribution >= 0.6 is 11.6 Å². The first-order chi connectivity index (χ1) is 13.2. The number of nitrogens with one attached hydrogen (secondary N) is 1. The predicted molar refractivity (Wildman–Crippen MR) is 109 cm³/mol. The van der Waals surface area contributed by atoms with E-state index in [4.69, 9.17) is 21.9 Å². The second-order valence-corrected chi connectivity index (χ2v) is 6.92. The predicted octanol–water partition coefficient (Wildman–Crippen LogP) is 4.53. The molecule has 0 bridgehead atoms. The van der Waals surface area contributed by atoms with Crippen LogP contribution in [0.4, 0.5) is 5.82 Å². The van der Waals surface area contributed by atoms with Gasteiger partial charge in [-0.2, -0.15) is 0 Å². The fraction of sp³-hybridized carbons (Fsp3) is 0.143. The molecule has 1 atom stereocenters. The number of rotatable bonds is 6. The minimum atomic E-state index is -0.0421. The fourth-order valence-electron chi connectivity index (χ4n) is 2.96. The van der Waals surface area contributed by atoms with Gasteiger partial charge >= 0.3 is 0 Å². The van der Waals surface area contributed by atoms with Gasteiger partial charge in [0.25, 0.3) is 0 Å². The van der Waals surface area contributed by atoms with Crippen molar-refractivity contribution in [2.75, 3.05) is 11.9 Å². The molecule has 0 aliphatic rings. The Morgan fingerprint density at radius 1 is 1.04 bits per heavy atom. The van der Waals surface area contributed by atoms with E-state index < -0.39 is 0 Å². The molecule has 2 aromatic carbocycles. The average Bonchev–Trinajstić information content (AvgIpc) is 3.17. The van der Waals surface area contributed by atoms with Crippen LogP contribution in [-0.2, 0) is 6.42 Å². The van der Waals surface area contributed by atoms with Gasteiger partial charge in [0, 0.05) is 47.0 Å². The third-order valence-corrected chi connectivity index (χ3v) is 4.64. The van der Waals surface area contributed by atoms with Gasteiger partial charge in [-0.3, -0.25) is 4.98 Å². The minimum absolute atomic E-state index is 0.0421. The standard InChI is InChI=1S/C21H19ClN4O/c22-18-5-1-14(2-6-18)9-19(23)13-25-21-11-20(27-26-21)16-3-4-17-12-24-8-7-15(17)10-16/h1-8,10-12,19H,9,13,23H2,(H,25,26)/t19-/m1/s1. The third kappa shape index (κ3) is 4.27. The van der Waals surface area contributed by atoms with Crippen molar-refractivity contribution >= 4 is 28.2 Å². The Labute approximate surface area is 162 Å². The monoisotopic (exact) mass is 378 g/mol. The molecule has 2 aromatic heterocycles. The first kappa shape index (κ1) is 17.5. The summed E-state index contributed by atoms with van der Waals surface area (Å²) in [5.41, 5.74) is 8.34. The van der Waals surface area contributed by atoms with Crippen LogP contribution < -0.4 is 11.1 Å². The lowest BCUT2D eigenvalue weighted by Gasteiger charge is -2.12. The molecule has 0 unspecified atom stereocenters. The molecule has 0 radical (unpaired) electrons. The van der Waals surface area contributed by atoms with Crippen LogP contribution in [0.25, 0.3) is 22.1 Å². The highest BCUT2D eigenvalue weighted by Gasteiger charge is 2.09. The summed E-state index contributed by atoms with van der Waals surface area (Å²) in [6.07, 6.45) is 4.38. The Morgan fingerprint density at radius 3 is 2.74 bits per heavy atom. The van der Waals surface area contributed by atoms with Crippen molar-refractivity contribution < 1.29 is 4.52 Å². The number of halogens is 1. The van der Waals surface area contributed by atoms with E-state index in [1.807, 2.05) is 54.7 Å². The molecule has 0 spiro atoms. The normalized spacial score (nSPS) is 12.2. The molecule has 136 valence electrons. The van der Waals surface area contributed by atoms with Crippen LogP contribution in [0.3, 0.4) is 0 Å². The topological polar surface area (TPSA) is 77.0 Å². The van der Waals surface area contributed by atoms with E-state index in [1.54, 1.807) is 6.20 Å². The summed E-state index contributed by atoms with van der Waals surface area (Å²) < 4.78 is 5.48. The Hall–Kier alpha value is -2.89. The first-order valence-electron chi connectivity index (χ1n) is 8.72. The van der Waals surface area contributed by atoms with Crippen LogP contribution in [0.5, 0.6) is 0 Å². The van der Waals surface area contributed by atoms with Crippen molar-refractivity contribution in [1.82, 2.24) is 10.1 Å². The third-order valence-electron chi connectivity index (χ3n) is 4.39. The maximum atomic E-state index is 6.21. The molecule has 4 rings (SSSR count). The van der Waals surface area contributed by atoms with E-state index in [-0.39, 0.29) is 6.04 Å². The van der Waals surface area contributed by atoms with E-state index in [2.05, 4.69) is 21.5 Å². The van der Waals surface area contributed by atoms with Crippen LogP contribution in [-0.4, -0.2) is 22.7 Å². The van der Waals surface area contributed by atoms with Gasteiger partial charge in [-0.05, 0) is 41.6 Å². The zero-order chi connectivity index (χ0) is 18.6. The van der Waals surface area contributed by atoms with Crippen molar-refractivity contribution in [1.29, 1.82) is 0 Å². The lowest BCUT2D eigenvalue weighted by molar-refractivity contribution is 0.434. The van der Waals surface area contributed by atoms with Crippen molar-refractivity contribution in [3.8, 4) is 11.3 Å². The summed E-state index contributed by atoms with van der Waals surface area (Å²) in [6.45, 7) is 0.595. The molecule has 2 heterocycles.